The second-order valence-electron chi connectivity index (χ2n) is 6.07. The quantitative estimate of drug-likeness (QED) is 0.470. The molecule has 1 unspecified atom stereocenters. The molecule has 2 nitrogen and oxygen atoms in total. The molecular weight excluding hydrogens is 212 g/mol. The van der Waals surface area contributed by atoms with E-state index in [0.29, 0.717) is 0 Å². The zero-order valence-electron chi connectivity index (χ0n) is 10.3. The molecule has 0 aromatic rings. The molecule has 1 aliphatic heterocycles. The molecule has 0 aromatic heterocycles. The van der Waals surface area contributed by atoms with Crippen LogP contribution in [0.3, 0.4) is 0 Å². The van der Waals surface area contributed by atoms with Crippen molar-refractivity contribution >= 4 is 17.6 Å². The number of carbonyl (C=O) groups excluding carboxylic acids is 1. The minimum atomic E-state index is -1.01. The van der Waals surface area contributed by atoms with Gasteiger partial charge in [0.05, 0.1) is 0 Å². The highest BCUT2D eigenvalue weighted by Gasteiger charge is 2.53. The summed E-state index contributed by atoms with van der Waals surface area (Å²) in [6.07, 6.45) is 1.53. The second kappa shape index (κ2) is 3.24. The van der Waals surface area contributed by atoms with Crippen molar-refractivity contribution in [1.82, 2.24) is 0 Å². The summed E-state index contributed by atoms with van der Waals surface area (Å²) in [5.74, 6) is -0.343. The third kappa shape index (κ3) is 2.05. The smallest absolute Gasteiger partial charge is 0.332 e. The lowest BCUT2D eigenvalue weighted by Gasteiger charge is -2.41. The average Bonchev–Trinajstić information content (AvgIpc) is 2.24. The van der Waals surface area contributed by atoms with Gasteiger partial charge in [-0.25, -0.2) is 4.79 Å². The highest BCUT2D eigenvalue weighted by molar-refractivity contribution is 6.27. The summed E-state index contributed by atoms with van der Waals surface area (Å²) in [5.41, 5.74) is 0.371. The molecule has 0 radical (unpaired) electrons. The molecule has 0 aromatic carbocycles. The van der Waals surface area contributed by atoms with Crippen LogP contribution >= 0.6 is 11.6 Å². The number of halogens is 1. The van der Waals surface area contributed by atoms with E-state index in [1.165, 1.54) is 6.08 Å². The molecule has 1 atom stereocenters. The lowest BCUT2D eigenvalue weighted by molar-refractivity contribution is -0.146. The highest BCUT2D eigenvalue weighted by atomic mass is 35.5. The van der Waals surface area contributed by atoms with E-state index in [1.807, 2.05) is 41.5 Å². The van der Waals surface area contributed by atoms with Crippen molar-refractivity contribution in [2.24, 2.45) is 10.8 Å². The second-order valence-corrected chi connectivity index (χ2v) is 6.61. The number of rotatable bonds is 0. The number of alkyl halides is 1. The Hall–Kier alpha value is -0.500. The summed E-state index contributed by atoms with van der Waals surface area (Å²) >= 11 is 6.48. The Labute approximate surface area is 96.6 Å². The SMILES string of the molecule is CC(C)(C)C1=CC(=O)OC1(Cl)C(C)(C)C. The van der Waals surface area contributed by atoms with Gasteiger partial charge < -0.3 is 4.74 Å². The molecule has 1 heterocycles. The van der Waals surface area contributed by atoms with Gasteiger partial charge >= 0.3 is 5.97 Å². The van der Waals surface area contributed by atoms with Crippen LogP contribution in [0.4, 0.5) is 0 Å². The highest BCUT2D eigenvalue weighted by Crippen LogP contribution is 2.52. The molecule has 0 saturated carbocycles. The van der Waals surface area contributed by atoms with Crippen molar-refractivity contribution in [1.29, 1.82) is 0 Å². The van der Waals surface area contributed by atoms with Crippen molar-refractivity contribution in [3.63, 3.8) is 0 Å². The zero-order chi connectivity index (χ0) is 12.1. The molecule has 0 N–H and O–H groups in total. The minimum absolute atomic E-state index is 0.165. The summed E-state index contributed by atoms with van der Waals surface area (Å²) in [6, 6.07) is 0. The van der Waals surface area contributed by atoms with E-state index >= 15 is 0 Å². The van der Waals surface area contributed by atoms with Gasteiger partial charge in [-0.3, -0.25) is 0 Å². The Morgan fingerprint density at radius 2 is 1.67 bits per heavy atom. The van der Waals surface area contributed by atoms with Gasteiger partial charge in [-0.2, -0.15) is 0 Å². The maximum absolute atomic E-state index is 11.4. The van der Waals surface area contributed by atoms with Crippen LogP contribution in [0.15, 0.2) is 11.6 Å². The fraction of sp³-hybridized carbons (Fsp3) is 0.750. The van der Waals surface area contributed by atoms with Crippen LogP contribution in [0.25, 0.3) is 0 Å². The Kier molecular flexibility index (Phi) is 2.72. The molecule has 0 aliphatic carbocycles. The van der Waals surface area contributed by atoms with Gasteiger partial charge in [0.25, 0.3) is 0 Å². The number of carbonyl (C=O) groups is 1. The Morgan fingerprint density at radius 3 is 1.93 bits per heavy atom. The molecule has 0 saturated heterocycles. The van der Waals surface area contributed by atoms with Gasteiger partial charge in [0.15, 0.2) is 0 Å². The van der Waals surface area contributed by atoms with Crippen molar-refractivity contribution in [2.45, 2.75) is 46.6 Å². The third-order valence-electron chi connectivity index (χ3n) is 2.62. The molecule has 1 rings (SSSR count). The molecule has 0 amide bonds. The van der Waals surface area contributed by atoms with Crippen LogP contribution < -0.4 is 0 Å². The van der Waals surface area contributed by atoms with E-state index in [2.05, 4.69) is 0 Å². The van der Waals surface area contributed by atoms with E-state index in [0.717, 1.165) is 5.57 Å². The largest absolute Gasteiger partial charge is 0.435 e. The van der Waals surface area contributed by atoms with Crippen molar-refractivity contribution in [3.8, 4) is 0 Å². The van der Waals surface area contributed by atoms with Crippen molar-refractivity contribution in [2.75, 3.05) is 0 Å². The van der Waals surface area contributed by atoms with Crippen LogP contribution in [0.1, 0.15) is 41.5 Å². The van der Waals surface area contributed by atoms with Gasteiger partial charge in [0.1, 0.15) is 0 Å². The Balaban J connectivity index is 3.24. The normalized spacial score (nSPS) is 27.7. The lowest BCUT2D eigenvalue weighted by Crippen LogP contribution is -2.43. The fourth-order valence-electron chi connectivity index (χ4n) is 1.69. The van der Waals surface area contributed by atoms with Crippen LogP contribution in [0.2, 0.25) is 0 Å². The van der Waals surface area contributed by atoms with Crippen LogP contribution in [-0.4, -0.2) is 11.0 Å². The summed E-state index contributed by atoms with van der Waals surface area (Å²) < 4.78 is 5.29. The monoisotopic (exact) mass is 230 g/mol. The first-order valence-electron chi connectivity index (χ1n) is 5.13. The number of cyclic esters (lactones) is 1. The lowest BCUT2D eigenvalue weighted by atomic mass is 9.74. The fourth-order valence-corrected chi connectivity index (χ4v) is 2.10. The van der Waals surface area contributed by atoms with E-state index in [-0.39, 0.29) is 16.8 Å². The minimum Gasteiger partial charge on any atom is -0.435 e. The molecule has 0 fully saturated rings. The summed E-state index contributed by atoms with van der Waals surface area (Å²) in [7, 11) is 0. The van der Waals surface area contributed by atoms with Crippen LogP contribution in [0, 0.1) is 10.8 Å². The van der Waals surface area contributed by atoms with Crippen molar-refractivity contribution in [3.05, 3.63) is 11.6 Å². The number of ether oxygens (including phenoxy) is 1. The van der Waals surface area contributed by atoms with Gasteiger partial charge in [-0.05, 0) is 5.41 Å². The summed E-state index contributed by atoms with van der Waals surface area (Å²) in [5, 5.41) is -1.01. The van der Waals surface area contributed by atoms with Gasteiger partial charge in [-0.1, -0.05) is 53.1 Å². The molecule has 15 heavy (non-hydrogen) atoms. The average molecular weight is 231 g/mol. The van der Waals surface area contributed by atoms with Crippen LogP contribution in [0.5, 0.6) is 0 Å². The molecule has 0 bridgehead atoms. The predicted molar refractivity (Wildman–Crippen MR) is 61.7 cm³/mol. The summed E-state index contributed by atoms with van der Waals surface area (Å²) in [4.78, 5) is 11.4. The number of hydrogen-bond acceptors (Lipinski definition) is 2. The molecule has 1 aliphatic rings. The van der Waals surface area contributed by atoms with E-state index in [1.54, 1.807) is 0 Å². The first kappa shape index (κ1) is 12.6. The molecule has 0 spiro atoms. The maximum Gasteiger partial charge on any atom is 0.332 e. The third-order valence-corrected chi connectivity index (χ3v) is 3.47. The molecule has 86 valence electrons. The number of esters is 1. The number of hydrogen-bond donors (Lipinski definition) is 0. The molecule has 3 heteroatoms. The Morgan fingerprint density at radius 1 is 1.20 bits per heavy atom. The topological polar surface area (TPSA) is 26.3 Å². The summed E-state index contributed by atoms with van der Waals surface area (Å²) in [6.45, 7) is 12.0. The van der Waals surface area contributed by atoms with E-state index < -0.39 is 5.06 Å². The first-order chi connectivity index (χ1) is 6.48. The van der Waals surface area contributed by atoms with Gasteiger partial charge in [-0.15, -0.1) is 0 Å². The zero-order valence-corrected chi connectivity index (χ0v) is 11.0. The standard InChI is InChI=1S/C12H19ClO2/c1-10(2,3)8-7-9(14)15-12(8,13)11(4,5)6/h7H,1-6H3. The van der Waals surface area contributed by atoms with Gasteiger partial charge in [0, 0.05) is 17.1 Å². The van der Waals surface area contributed by atoms with E-state index in [9.17, 15) is 4.79 Å². The maximum atomic E-state index is 11.4. The van der Waals surface area contributed by atoms with E-state index in [4.69, 9.17) is 16.3 Å². The van der Waals surface area contributed by atoms with Crippen molar-refractivity contribution < 1.29 is 9.53 Å². The molecular formula is C12H19ClO2. The Bertz CT molecular complexity index is 317. The van der Waals surface area contributed by atoms with Crippen LogP contribution in [-0.2, 0) is 9.53 Å². The predicted octanol–water partition coefficient (Wildman–Crippen LogP) is 3.50. The first-order valence-corrected chi connectivity index (χ1v) is 5.51. The van der Waals surface area contributed by atoms with Gasteiger partial charge in [0.2, 0.25) is 5.06 Å².